The highest BCUT2D eigenvalue weighted by Gasteiger charge is 2.52. The van der Waals surface area contributed by atoms with Crippen molar-refractivity contribution in [3.63, 3.8) is 0 Å². The van der Waals surface area contributed by atoms with E-state index in [1.54, 1.807) is 7.11 Å². The van der Waals surface area contributed by atoms with Crippen molar-refractivity contribution in [2.24, 2.45) is 11.3 Å². The molecule has 1 saturated carbocycles. The second kappa shape index (κ2) is 4.52. The van der Waals surface area contributed by atoms with E-state index in [0.29, 0.717) is 5.92 Å². The fourth-order valence-corrected chi connectivity index (χ4v) is 4.70. The number of benzene rings is 1. The van der Waals surface area contributed by atoms with Crippen molar-refractivity contribution < 1.29 is 4.74 Å². The van der Waals surface area contributed by atoms with E-state index in [1.807, 2.05) is 0 Å². The van der Waals surface area contributed by atoms with Crippen LogP contribution in [0.25, 0.3) is 0 Å². The van der Waals surface area contributed by atoms with Gasteiger partial charge in [0.1, 0.15) is 5.75 Å². The Morgan fingerprint density at radius 2 is 2.10 bits per heavy atom. The zero-order valence-electron chi connectivity index (χ0n) is 12.7. The van der Waals surface area contributed by atoms with Gasteiger partial charge in [0.2, 0.25) is 0 Å². The molecule has 20 heavy (non-hydrogen) atoms. The molecule has 0 radical (unpaired) electrons. The third-order valence-electron chi connectivity index (χ3n) is 5.82. The first-order valence-electron chi connectivity index (χ1n) is 7.62. The van der Waals surface area contributed by atoms with Crippen LogP contribution in [0.15, 0.2) is 18.2 Å². The van der Waals surface area contributed by atoms with E-state index < -0.39 is 0 Å². The number of nitrogens with zero attached hydrogens (tertiary/aromatic N) is 1. The van der Waals surface area contributed by atoms with Gasteiger partial charge in [-0.1, -0.05) is 19.4 Å². The maximum Gasteiger partial charge on any atom is 0.119 e. The normalized spacial score (nSPS) is 35.6. The number of hydrogen-bond donors (Lipinski definition) is 0. The van der Waals surface area contributed by atoms with Crippen LogP contribution in [0.1, 0.15) is 50.7 Å². The van der Waals surface area contributed by atoms with Crippen LogP contribution < -0.4 is 4.74 Å². The van der Waals surface area contributed by atoms with Gasteiger partial charge in [0.05, 0.1) is 18.6 Å². The molecule has 0 N–H and O–H groups in total. The van der Waals surface area contributed by atoms with Crippen molar-refractivity contribution in [2.45, 2.75) is 51.4 Å². The van der Waals surface area contributed by atoms with Crippen molar-refractivity contribution in [1.29, 1.82) is 5.26 Å². The molecule has 2 nitrogen and oxygen atoms in total. The molecule has 0 spiro atoms. The average Bonchev–Trinajstić information content (AvgIpc) is 2.46. The topological polar surface area (TPSA) is 33.0 Å². The van der Waals surface area contributed by atoms with Gasteiger partial charge in [-0.3, -0.25) is 0 Å². The summed E-state index contributed by atoms with van der Waals surface area (Å²) in [5.74, 6) is 1.41. The summed E-state index contributed by atoms with van der Waals surface area (Å²) in [6.07, 6.45) is 5.61. The summed E-state index contributed by atoms with van der Waals surface area (Å²) in [7, 11) is 1.73. The zero-order chi connectivity index (χ0) is 14.4. The fraction of sp³-hybridized carbons (Fsp3) is 0.611. The SMILES string of the molecule is COc1ccc2c(c1)[C@@]1(C)CCC[C@](C)(C#N)[C@@H]1CC2. The van der Waals surface area contributed by atoms with E-state index in [1.165, 1.54) is 17.5 Å². The first-order chi connectivity index (χ1) is 9.53. The number of fused-ring (bicyclic) bond motifs is 3. The first-order valence-corrected chi connectivity index (χ1v) is 7.62. The summed E-state index contributed by atoms with van der Waals surface area (Å²) >= 11 is 0. The highest BCUT2D eigenvalue weighted by atomic mass is 16.5. The van der Waals surface area contributed by atoms with Crippen molar-refractivity contribution in [1.82, 2.24) is 0 Å². The van der Waals surface area contributed by atoms with Crippen LogP contribution in [0.3, 0.4) is 0 Å². The molecule has 0 unspecified atom stereocenters. The van der Waals surface area contributed by atoms with E-state index in [9.17, 15) is 5.26 Å². The Morgan fingerprint density at radius 1 is 1.30 bits per heavy atom. The number of aryl methyl sites for hydroxylation is 1. The monoisotopic (exact) mass is 269 g/mol. The molecule has 1 fully saturated rings. The molecule has 0 aliphatic heterocycles. The third-order valence-corrected chi connectivity index (χ3v) is 5.82. The van der Waals surface area contributed by atoms with E-state index in [4.69, 9.17) is 4.74 Å². The van der Waals surface area contributed by atoms with Gasteiger partial charge < -0.3 is 4.74 Å². The quantitative estimate of drug-likeness (QED) is 0.764. The van der Waals surface area contributed by atoms with Crippen LogP contribution in [0.4, 0.5) is 0 Å². The van der Waals surface area contributed by atoms with E-state index in [-0.39, 0.29) is 10.8 Å². The lowest BCUT2D eigenvalue weighted by molar-refractivity contribution is 0.0686. The van der Waals surface area contributed by atoms with Crippen molar-refractivity contribution in [3.8, 4) is 11.8 Å². The van der Waals surface area contributed by atoms with Crippen LogP contribution in [0, 0.1) is 22.7 Å². The van der Waals surface area contributed by atoms with Gasteiger partial charge in [0.25, 0.3) is 0 Å². The molecular formula is C18H23NO. The molecule has 3 atom stereocenters. The Hall–Kier alpha value is -1.49. The maximum absolute atomic E-state index is 9.68. The second-order valence-corrected chi connectivity index (χ2v) is 6.91. The van der Waals surface area contributed by atoms with Gasteiger partial charge in [-0.15, -0.1) is 0 Å². The largest absolute Gasteiger partial charge is 0.497 e. The minimum atomic E-state index is -0.173. The highest BCUT2D eigenvalue weighted by Crippen LogP contribution is 2.57. The molecule has 106 valence electrons. The molecule has 1 aromatic rings. The van der Waals surface area contributed by atoms with Gasteiger partial charge >= 0.3 is 0 Å². The molecule has 0 bridgehead atoms. The lowest BCUT2D eigenvalue weighted by Crippen LogP contribution is -2.48. The Morgan fingerprint density at radius 3 is 2.80 bits per heavy atom. The summed E-state index contributed by atoms with van der Waals surface area (Å²) in [6, 6.07) is 9.13. The molecule has 2 aliphatic rings. The van der Waals surface area contributed by atoms with Crippen LogP contribution in [-0.4, -0.2) is 7.11 Å². The molecule has 0 amide bonds. The average molecular weight is 269 g/mol. The first kappa shape index (κ1) is 13.5. The second-order valence-electron chi connectivity index (χ2n) is 6.91. The van der Waals surface area contributed by atoms with Gasteiger partial charge in [-0.05, 0) is 67.2 Å². The standard InChI is InChI=1S/C18H23NO/c1-17(12-19)9-4-10-18(2)15-11-14(20-3)7-5-13(15)6-8-16(17)18/h5,7,11,16H,4,6,8-10H2,1-3H3/t16-,17+,18+/m0/s1. The smallest absolute Gasteiger partial charge is 0.119 e. The summed E-state index contributed by atoms with van der Waals surface area (Å²) < 4.78 is 5.42. The predicted molar refractivity (Wildman–Crippen MR) is 79.7 cm³/mol. The Kier molecular flexibility index (Phi) is 3.05. The molecular weight excluding hydrogens is 246 g/mol. The lowest BCUT2D eigenvalue weighted by atomic mass is 9.50. The van der Waals surface area contributed by atoms with E-state index in [2.05, 4.69) is 38.1 Å². The van der Waals surface area contributed by atoms with Gasteiger partial charge in [0, 0.05) is 0 Å². The lowest BCUT2D eigenvalue weighted by Gasteiger charge is -2.52. The maximum atomic E-state index is 9.68. The molecule has 2 heteroatoms. The number of ether oxygens (including phenoxy) is 1. The van der Waals surface area contributed by atoms with Gasteiger partial charge in [0.15, 0.2) is 0 Å². The van der Waals surface area contributed by atoms with E-state index in [0.717, 1.165) is 31.4 Å². The number of hydrogen-bond acceptors (Lipinski definition) is 2. The number of methoxy groups -OCH3 is 1. The van der Waals surface area contributed by atoms with Crippen LogP contribution in [0.5, 0.6) is 5.75 Å². The Labute approximate surface area is 121 Å². The minimum Gasteiger partial charge on any atom is -0.497 e. The van der Waals surface area contributed by atoms with Gasteiger partial charge in [-0.2, -0.15) is 5.26 Å². The van der Waals surface area contributed by atoms with Crippen LogP contribution in [0.2, 0.25) is 0 Å². The Bertz CT molecular complexity index is 573. The summed E-state index contributed by atoms with van der Waals surface area (Å²) in [6.45, 7) is 4.53. The summed E-state index contributed by atoms with van der Waals surface area (Å²) in [5.41, 5.74) is 2.83. The van der Waals surface area contributed by atoms with Crippen molar-refractivity contribution in [3.05, 3.63) is 29.3 Å². The minimum absolute atomic E-state index is 0.130. The molecule has 3 rings (SSSR count). The van der Waals surface area contributed by atoms with Crippen molar-refractivity contribution >= 4 is 0 Å². The molecule has 2 aliphatic carbocycles. The summed E-state index contributed by atoms with van der Waals surface area (Å²) in [5, 5.41) is 9.68. The third kappa shape index (κ3) is 1.76. The highest BCUT2D eigenvalue weighted by molar-refractivity contribution is 5.44. The van der Waals surface area contributed by atoms with Crippen LogP contribution in [-0.2, 0) is 11.8 Å². The number of nitriles is 1. The van der Waals surface area contributed by atoms with E-state index >= 15 is 0 Å². The fourth-order valence-electron chi connectivity index (χ4n) is 4.70. The molecule has 0 aromatic heterocycles. The van der Waals surface area contributed by atoms with Crippen molar-refractivity contribution in [2.75, 3.05) is 7.11 Å². The van der Waals surface area contributed by atoms with Gasteiger partial charge in [-0.25, -0.2) is 0 Å². The number of rotatable bonds is 1. The van der Waals surface area contributed by atoms with Crippen LogP contribution >= 0.6 is 0 Å². The molecule has 0 saturated heterocycles. The molecule has 1 aromatic carbocycles. The molecule has 0 heterocycles. The summed E-state index contributed by atoms with van der Waals surface area (Å²) in [4.78, 5) is 0. The predicted octanol–water partition coefficient (Wildman–Crippen LogP) is 4.23. The Balaban J connectivity index is 2.12. The zero-order valence-corrected chi connectivity index (χ0v) is 12.7.